The molecule has 0 saturated carbocycles. The van der Waals surface area contributed by atoms with Crippen LogP contribution in [-0.4, -0.2) is 34.2 Å². The lowest BCUT2D eigenvalue weighted by atomic mass is 10.2. The zero-order valence-corrected chi connectivity index (χ0v) is 8.53. The SMILES string of the molecule is CN1CCC(n2cc(Cl)c(N)n2)C1=O. The van der Waals surface area contributed by atoms with Crippen molar-refractivity contribution < 1.29 is 4.79 Å². The maximum absolute atomic E-state index is 11.6. The molecule has 1 unspecified atom stereocenters. The Morgan fingerprint density at radius 2 is 2.43 bits per heavy atom. The number of rotatable bonds is 1. The van der Waals surface area contributed by atoms with Crippen molar-refractivity contribution in [2.45, 2.75) is 12.5 Å². The second-order valence-corrected chi connectivity index (χ2v) is 3.81. The summed E-state index contributed by atoms with van der Waals surface area (Å²) in [6, 6.07) is -0.241. The first-order valence-corrected chi connectivity index (χ1v) is 4.72. The van der Waals surface area contributed by atoms with Gasteiger partial charge in [0.1, 0.15) is 11.1 Å². The Morgan fingerprint density at radius 3 is 2.86 bits per heavy atom. The van der Waals surface area contributed by atoms with Crippen LogP contribution in [0.4, 0.5) is 5.82 Å². The fourth-order valence-corrected chi connectivity index (χ4v) is 1.73. The first kappa shape index (κ1) is 9.33. The molecule has 6 heteroatoms. The molecular weight excluding hydrogens is 204 g/mol. The molecule has 0 aliphatic carbocycles. The molecule has 1 aromatic rings. The first-order chi connectivity index (χ1) is 6.59. The van der Waals surface area contributed by atoms with Gasteiger partial charge in [-0.3, -0.25) is 9.48 Å². The van der Waals surface area contributed by atoms with E-state index in [1.807, 2.05) is 0 Å². The molecule has 1 amide bonds. The molecule has 2 N–H and O–H groups in total. The lowest BCUT2D eigenvalue weighted by molar-refractivity contribution is -0.129. The van der Waals surface area contributed by atoms with Crippen LogP contribution in [0.1, 0.15) is 12.5 Å². The number of anilines is 1. The Labute approximate surface area is 86.4 Å². The van der Waals surface area contributed by atoms with Crippen molar-refractivity contribution in [1.82, 2.24) is 14.7 Å². The van der Waals surface area contributed by atoms with E-state index in [9.17, 15) is 4.79 Å². The summed E-state index contributed by atoms with van der Waals surface area (Å²) in [7, 11) is 1.77. The highest BCUT2D eigenvalue weighted by Crippen LogP contribution is 2.25. The molecule has 2 rings (SSSR count). The number of halogens is 1. The molecule has 0 aromatic carbocycles. The second kappa shape index (κ2) is 3.16. The molecule has 14 heavy (non-hydrogen) atoms. The highest BCUT2D eigenvalue weighted by molar-refractivity contribution is 6.32. The number of carbonyl (C=O) groups is 1. The Morgan fingerprint density at radius 1 is 1.71 bits per heavy atom. The van der Waals surface area contributed by atoms with E-state index in [1.165, 1.54) is 0 Å². The van der Waals surface area contributed by atoms with Crippen LogP contribution in [0.2, 0.25) is 5.02 Å². The third-order valence-corrected chi connectivity index (χ3v) is 2.72. The standard InChI is InChI=1S/C8H11ClN4O/c1-12-3-2-6(8(12)14)13-4-5(9)7(10)11-13/h4,6H,2-3H2,1H3,(H2,10,11). The average Bonchev–Trinajstić information content (AvgIpc) is 2.61. The monoisotopic (exact) mass is 214 g/mol. The molecule has 1 aliphatic heterocycles. The van der Waals surface area contributed by atoms with Crippen molar-refractivity contribution in [2.24, 2.45) is 0 Å². The van der Waals surface area contributed by atoms with Gasteiger partial charge in [-0.2, -0.15) is 5.10 Å². The number of amides is 1. The Kier molecular flexibility index (Phi) is 2.11. The summed E-state index contributed by atoms with van der Waals surface area (Å²) in [6.07, 6.45) is 2.35. The van der Waals surface area contributed by atoms with E-state index in [2.05, 4.69) is 5.10 Å². The molecule has 1 saturated heterocycles. The maximum Gasteiger partial charge on any atom is 0.247 e. The van der Waals surface area contributed by atoms with Gasteiger partial charge >= 0.3 is 0 Å². The molecule has 0 bridgehead atoms. The van der Waals surface area contributed by atoms with Gasteiger partial charge in [-0.15, -0.1) is 0 Å². The lowest BCUT2D eigenvalue weighted by Gasteiger charge is -2.09. The van der Waals surface area contributed by atoms with E-state index in [0.29, 0.717) is 5.02 Å². The lowest BCUT2D eigenvalue weighted by Crippen LogP contribution is -2.24. The van der Waals surface area contributed by atoms with Crippen molar-refractivity contribution >= 4 is 23.3 Å². The van der Waals surface area contributed by atoms with E-state index in [0.717, 1.165) is 13.0 Å². The molecule has 2 heterocycles. The smallest absolute Gasteiger partial charge is 0.247 e. The fraction of sp³-hybridized carbons (Fsp3) is 0.500. The average molecular weight is 215 g/mol. The summed E-state index contributed by atoms with van der Waals surface area (Å²) < 4.78 is 1.55. The predicted octanol–water partition coefficient (Wildman–Crippen LogP) is 0.522. The van der Waals surface area contributed by atoms with Gasteiger partial charge in [0.15, 0.2) is 5.82 Å². The zero-order chi connectivity index (χ0) is 10.3. The number of likely N-dealkylation sites (tertiary alicyclic amines) is 1. The van der Waals surface area contributed by atoms with E-state index in [-0.39, 0.29) is 17.8 Å². The van der Waals surface area contributed by atoms with Gasteiger partial charge in [0.05, 0.1) is 0 Å². The van der Waals surface area contributed by atoms with Crippen LogP contribution in [0.25, 0.3) is 0 Å². The van der Waals surface area contributed by atoms with Crippen molar-refractivity contribution in [2.75, 3.05) is 19.3 Å². The summed E-state index contributed by atoms with van der Waals surface area (Å²) in [6.45, 7) is 0.751. The predicted molar refractivity (Wildman–Crippen MR) is 52.9 cm³/mol. The summed E-state index contributed by atoms with van der Waals surface area (Å²) >= 11 is 5.76. The number of carbonyl (C=O) groups excluding carboxylic acids is 1. The largest absolute Gasteiger partial charge is 0.381 e. The number of hydrogen-bond acceptors (Lipinski definition) is 3. The van der Waals surface area contributed by atoms with Gasteiger partial charge in [0.25, 0.3) is 0 Å². The van der Waals surface area contributed by atoms with Crippen LogP contribution >= 0.6 is 11.6 Å². The molecule has 5 nitrogen and oxygen atoms in total. The molecule has 0 spiro atoms. The minimum Gasteiger partial charge on any atom is -0.381 e. The maximum atomic E-state index is 11.6. The molecule has 1 aromatic heterocycles. The van der Waals surface area contributed by atoms with Gasteiger partial charge in [-0.25, -0.2) is 0 Å². The Balaban J connectivity index is 2.28. The minimum absolute atomic E-state index is 0.0594. The number of nitrogens with two attached hydrogens (primary N) is 1. The van der Waals surface area contributed by atoms with Crippen LogP contribution in [0.3, 0.4) is 0 Å². The molecule has 1 aliphatic rings. The molecule has 1 fully saturated rings. The normalized spacial score (nSPS) is 22.0. The number of likely N-dealkylation sites (N-methyl/N-ethyl adjacent to an activating group) is 1. The first-order valence-electron chi connectivity index (χ1n) is 4.34. The quantitative estimate of drug-likeness (QED) is 0.742. The van der Waals surface area contributed by atoms with Gasteiger partial charge in [-0.1, -0.05) is 11.6 Å². The summed E-state index contributed by atoms with van der Waals surface area (Å²) in [5, 5.41) is 4.39. The Hall–Kier alpha value is -1.23. The number of hydrogen-bond donors (Lipinski definition) is 1. The van der Waals surface area contributed by atoms with Crippen LogP contribution in [0, 0.1) is 0 Å². The molecule has 0 radical (unpaired) electrons. The Bertz CT molecular complexity index is 356. The molecular formula is C8H11ClN4O. The van der Waals surface area contributed by atoms with Crippen LogP contribution in [0.5, 0.6) is 0 Å². The van der Waals surface area contributed by atoms with Crippen LogP contribution in [0.15, 0.2) is 6.20 Å². The minimum atomic E-state index is -0.241. The number of aromatic nitrogens is 2. The van der Waals surface area contributed by atoms with Crippen molar-refractivity contribution in [1.29, 1.82) is 0 Å². The highest BCUT2D eigenvalue weighted by atomic mass is 35.5. The third-order valence-electron chi connectivity index (χ3n) is 2.43. The van der Waals surface area contributed by atoms with Crippen LogP contribution < -0.4 is 5.73 Å². The molecule has 1 atom stereocenters. The summed E-state index contributed by atoms with van der Waals surface area (Å²) in [5.41, 5.74) is 5.50. The van der Waals surface area contributed by atoms with Crippen LogP contribution in [-0.2, 0) is 4.79 Å². The van der Waals surface area contributed by atoms with Crippen molar-refractivity contribution in [3.8, 4) is 0 Å². The highest BCUT2D eigenvalue weighted by Gasteiger charge is 2.31. The van der Waals surface area contributed by atoms with Gasteiger partial charge < -0.3 is 10.6 Å². The van der Waals surface area contributed by atoms with E-state index < -0.39 is 0 Å². The van der Waals surface area contributed by atoms with Gasteiger partial charge in [0, 0.05) is 19.8 Å². The summed E-state index contributed by atoms with van der Waals surface area (Å²) in [4.78, 5) is 13.3. The number of nitrogen functional groups attached to an aromatic ring is 1. The topological polar surface area (TPSA) is 64.2 Å². The second-order valence-electron chi connectivity index (χ2n) is 3.41. The number of nitrogens with zero attached hydrogens (tertiary/aromatic N) is 3. The van der Waals surface area contributed by atoms with Crippen molar-refractivity contribution in [3.05, 3.63) is 11.2 Å². The fourth-order valence-electron chi connectivity index (χ4n) is 1.59. The van der Waals surface area contributed by atoms with Crippen molar-refractivity contribution in [3.63, 3.8) is 0 Å². The van der Waals surface area contributed by atoms with Gasteiger partial charge in [-0.05, 0) is 6.42 Å². The zero-order valence-electron chi connectivity index (χ0n) is 7.77. The molecule has 76 valence electrons. The van der Waals surface area contributed by atoms with E-state index in [4.69, 9.17) is 17.3 Å². The van der Waals surface area contributed by atoms with E-state index in [1.54, 1.807) is 22.8 Å². The third kappa shape index (κ3) is 1.33. The van der Waals surface area contributed by atoms with Gasteiger partial charge in [0.2, 0.25) is 5.91 Å². The van der Waals surface area contributed by atoms with E-state index >= 15 is 0 Å². The summed E-state index contributed by atoms with van der Waals surface area (Å²) in [5.74, 6) is 0.332.